The van der Waals surface area contributed by atoms with Gasteiger partial charge in [-0.2, -0.15) is 0 Å². The molecular formula is C9H12IN. The molecule has 60 valence electrons. The highest BCUT2D eigenvalue weighted by molar-refractivity contribution is 14.1. The minimum atomic E-state index is 1.30. The summed E-state index contributed by atoms with van der Waals surface area (Å²) < 4.78 is 1.30. The summed E-state index contributed by atoms with van der Waals surface area (Å²) in [7, 11) is 4.13. The van der Waals surface area contributed by atoms with E-state index in [2.05, 4.69) is 66.7 Å². The van der Waals surface area contributed by atoms with Crippen LogP contribution < -0.4 is 4.90 Å². The van der Waals surface area contributed by atoms with Crippen LogP contribution in [0.5, 0.6) is 0 Å². The number of hydrogen-bond acceptors (Lipinski definition) is 1. The van der Waals surface area contributed by atoms with Crippen molar-refractivity contribution < 1.29 is 0 Å². The first-order valence-electron chi connectivity index (χ1n) is 3.55. The number of halogens is 1. The zero-order valence-corrected chi connectivity index (χ0v) is 9.21. The number of aryl methyl sites for hydroxylation is 1. The van der Waals surface area contributed by atoms with Gasteiger partial charge in [-0.25, -0.2) is 0 Å². The van der Waals surface area contributed by atoms with Crippen LogP contribution in [0.2, 0.25) is 0 Å². The number of anilines is 1. The van der Waals surface area contributed by atoms with Gasteiger partial charge in [-0.15, -0.1) is 0 Å². The maximum absolute atomic E-state index is 2.33. The van der Waals surface area contributed by atoms with Crippen LogP contribution >= 0.6 is 22.6 Å². The van der Waals surface area contributed by atoms with Crippen LogP contribution in [0.1, 0.15) is 5.56 Å². The Morgan fingerprint density at radius 2 is 1.91 bits per heavy atom. The van der Waals surface area contributed by atoms with Crippen LogP contribution in [-0.4, -0.2) is 14.1 Å². The number of rotatable bonds is 1. The van der Waals surface area contributed by atoms with Gasteiger partial charge in [0.2, 0.25) is 0 Å². The molecule has 0 unspecified atom stereocenters. The third kappa shape index (κ3) is 2.09. The fraction of sp³-hybridized carbons (Fsp3) is 0.333. The van der Waals surface area contributed by atoms with Crippen molar-refractivity contribution in [1.82, 2.24) is 0 Å². The van der Waals surface area contributed by atoms with Crippen LogP contribution in [0, 0.1) is 10.5 Å². The molecule has 0 spiro atoms. The molecule has 0 aliphatic heterocycles. The second-order valence-corrected chi connectivity index (χ2v) is 4.07. The lowest BCUT2D eigenvalue weighted by Crippen LogP contribution is -2.09. The molecule has 0 aromatic heterocycles. The molecule has 0 heterocycles. The van der Waals surface area contributed by atoms with E-state index in [0.717, 1.165) is 0 Å². The SMILES string of the molecule is Cc1cc(I)ccc1N(C)C. The largest absolute Gasteiger partial charge is 0.377 e. The molecule has 0 saturated heterocycles. The lowest BCUT2D eigenvalue weighted by atomic mass is 10.2. The monoisotopic (exact) mass is 261 g/mol. The van der Waals surface area contributed by atoms with E-state index in [0.29, 0.717) is 0 Å². The van der Waals surface area contributed by atoms with Crippen molar-refractivity contribution >= 4 is 28.3 Å². The molecule has 1 rings (SSSR count). The van der Waals surface area contributed by atoms with Crippen molar-refractivity contribution in [3.8, 4) is 0 Å². The highest BCUT2D eigenvalue weighted by atomic mass is 127. The minimum Gasteiger partial charge on any atom is -0.377 e. The first kappa shape index (κ1) is 8.84. The van der Waals surface area contributed by atoms with Crippen molar-refractivity contribution in [2.45, 2.75) is 6.92 Å². The molecule has 0 atom stereocenters. The summed E-state index contributed by atoms with van der Waals surface area (Å²) in [6.45, 7) is 2.14. The molecule has 0 amide bonds. The van der Waals surface area contributed by atoms with Crippen LogP contribution in [0.3, 0.4) is 0 Å². The predicted octanol–water partition coefficient (Wildman–Crippen LogP) is 2.67. The highest BCUT2D eigenvalue weighted by Gasteiger charge is 1.98. The van der Waals surface area contributed by atoms with Crippen molar-refractivity contribution in [1.29, 1.82) is 0 Å². The van der Waals surface area contributed by atoms with Crippen LogP contribution in [0.4, 0.5) is 5.69 Å². The normalized spacial score (nSPS) is 9.82. The van der Waals surface area contributed by atoms with E-state index >= 15 is 0 Å². The molecular weight excluding hydrogens is 249 g/mol. The van der Waals surface area contributed by atoms with Crippen molar-refractivity contribution in [2.75, 3.05) is 19.0 Å². The van der Waals surface area contributed by atoms with Crippen LogP contribution in [0.25, 0.3) is 0 Å². The van der Waals surface area contributed by atoms with E-state index in [-0.39, 0.29) is 0 Å². The van der Waals surface area contributed by atoms with Gasteiger partial charge < -0.3 is 4.90 Å². The number of benzene rings is 1. The Bertz CT molecular complexity index is 256. The molecule has 0 aliphatic carbocycles. The maximum atomic E-state index is 2.33. The average Bonchev–Trinajstić information content (AvgIpc) is 1.85. The van der Waals surface area contributed by atoms with E-state index < -0.39 is 0 Å². The standard InChI is InChI=1S/C9H12IN/c1-7-6-8(10)4-5-9(7)11(2)3/h4-6H,1-3H3. The van der Waals surface area contributed by atoms with Gasteiger partial charge >= 0.3 is 0 Å². The summed E-state index contributed by atoms with van der Waals surface area (Å²) in [5.41, 5.74) is 2.63. The summed E-state index contributed by atoms with van der Waals surface area (Å²) in [6.07, 6.45) is 0. The Morgan fingerprint density at radius 1 is 1.27 bits per heavy atom. The Kier molecular flexibility index (Phi) is 2.76. The van der Waals surface area contributed by atoms with E-state index in [4.69, 9.17) is 0 Å². The molecule has 2 heteroatoms. The summed E-state index contributed by atoms with van der Waals surface area (Å²) in [5.74, 6) is 0. The third-order valence-corrected chi connectivity index (χ3v) is 2.31. The number of nitrogens with zero attached hydrogens (tertiary/aromatic N) is 1. The fourth-order valence-electron chi connectivity index (χ4n) is 1.12. The summed E-state index contributed by atoms with van der Waals surface area (Å²) in [5, 5.41) is 0. The molecule has 0 bridgehead atoms. The quantitative estimate of drug-likeness (QED) is 0.702. The molecule has 0 radical (unpaired) electrons. The van der Waals surface area contributed by atoms with Gasteiger partial charge in [-0.3, -0.25) is 0 Å². The molecule has 1 aromatic carbocycles. The van der Waals surface area contributed by atoms with Crippen molar-refractivity contribution in [3.63, 3.8) is 0 Å². The first-order chi connectivity index (χ1) is 5.11. The molecule has 1 aromatic rings. The molecule has 0 N–H and O–H groups in total. The summed E-state index contributed by atoms with van der Waals surface area (Å²) in [6, 6.07) is 6.47. The Morgan fingerprint density at radius 3 is 2.36 bits per heavy atom. The van der Waals surface area contributed by atoms with Crippen molar-refractivity contribution in [2.24, 2.45) is 0 Å². The predicted molar refractivity (Wildman–Crippen MR) is 58.2 cm³/mol. The van der Waals surface area contributed by atoms with Gasteiger partial charge in [0.25, 0.3) is 0 Å². The molecule has 11 heavy (non-hydrogen) atoms. The van der Waals surface area contributed by atoms with Gasteiger partial charge in [0.1, 0.15) is 0 Å². The zero-order valence-electron chi connectivity index (χ0n) is 7.06. The van der Waals surface area contributed by atoms with Crippen LogP contribution in [0.15, 0.2) is 18.2 Å². The van der Waals surface area contributed by atoms with E-state index in [1.54, 1.807) is 0 Å². The Hall–Kier alpha value is -0.250. The zero-order chi connectivity index (χ0) is 8.43. The molecule has 0 fully saturated rings. The first-order valence-corrected chi connectivity index (χ1v) is 4.62. The molecule has 1 nitrogen and oxygen atoms in total. The fourth-order valence-corrected chi connectivity index (χ4v) is 1.77. The highest BCUT2D eigenvalue weighted by Crippen LogP contribution is 2.19. The van der Waals surface area contributed by atoms with Gasteiger partial charge in [0, 0.05) is 23.4 Å². The van der Waals surface area contributed by atoms with E-state index in [9.17, 15) is 0 Å². The average molecular weight is 261 g/mol. The van der Waals surface area contributed by atoms with Crippen LogP contribution in [-0.2, 0) is 0 Å². The lowest BCUT2D eigenvalue weighted by molar-refractivity contribution is 1.11. The minimum absolute atomic E-state index is 1.30. The lowest BCUT2D eigenvalue weighted by Gasteiger charge is -2.15. The topological polar surface area (TPSA) is 3.24 Å². The summed E-state index contributed by atoms with van der Waals surface area (Å²) >= 11 is 2.33. The maximum Gasteiger partial charge on any atom is 0.0391 e. The van der Waals surface area contributed by atoms with E-state index in [1.165, 1.54) is 14.8 Å². The number of hydrogen-bond donors (Lipinski definition) is 0. The van der Waals surface area contributed by atoms with Gasteiger partial charge in [-0.05, 0) is 53.3 Å². The molecule has 0 aliphatic rings. The van der Waals surface area contributed by atoms with Crippen molar-refractivity contribution in [3.05, 3.63) is 27.3 Å². The third-order valence-electron chi connectivity index (χ3n) is 1.64. The molecule has 0 saturated carbocycles. The Labute approximate surface area is 81.5 Å². The Balaban J connectivity index is 3.09. The van der Waals surface area contributed by atoms with E-state index in [1.807, 2.05) is 0 Å². The second kappa shape index (κ2) is 3.43. The van der Waals surface area contributed by atoms with Gasteiger partial charge in [0.05, 0.1) is 0 Å². The summed E-state index contributed by atoms with van der Waals surface area (Å²) in [4.78, 5) is 2.13. The van der Waals surface area contributed by atoms with Gasteiger partial charge in [0.15, 0.2) is 0 Å². The smallest absolute Gasteiger partial charge is 0.0391 e. The second-order valence-electron chi connectivity index (χ2n) is 2.83. The van der Waals surface area contributed by atoms with Gasteiger partial charge in [-0.1, -0.05) is 0 Å².